The highest BCUT2D eigenvalue weighted by Crippen LogP contribution is 2.30. The van der Waals surface area contributed by atoms with Crippen molar-refractivity contribution in [3.63, 3.8) is 0 Å². The Kier molecular flexibility index (Phi) is 6.92. The molecule has 0 aliphatic heterocycles. The van der Waals surface area contributed by atoms with E-state index in [1.54, 1.807) is 25.6 Å². The minimum atomic E-state index is -0.408. The van der Waals surface area contributed by atoms with E-state index in [0.29, 0.717) is 30.0 Å². The van der Waals surface area contributed by atoms with Gasteiger partial charge < -0.3 is 19.5 Å². The minimum Gasteiger partial charge on any atom is -0.493 e. The Morgan fingerprint density at radius 1 is 1.11 bits per heavy atom. The minimum absolute atomic E-state index is 0.268. The van der Waals surface area contributed by atoms with Gasteiger partial charge in [0.05, 0.1) is 19.8 Å². The molecule has 28 heavy (non-hydrogen) atoms. The number of benzene rings is 1. The number of nitrogens with one attached hydrogen (secondary N) is 1. The topological polar surface area (TPSA) is 73.9 Å². The van der Waals surface area contributed by atoms with Crippen molar-refractivity contribution in [1.29, 1.82) is 0 Å². The Morgan fingerprint density at radius 3 is 2.68 bits per heavy atom. The van der Waals surface area contributed by atoms with Crippen LogP contribution in [0.2, 0.25) is 0 Å². The van der Waals surface area contributed by atoms with Crippen molar-refractivity contribution in [2.45, 2.75) is 32.1 Å². The van der Waals surface area contributed by atoms with Crippen molar-refractivity contribution in [2.75, 3.05) is 27.4 Å². The molecular weight excluding hydrogens is 378 g/mol. The molecule has 0 atom stereocenters. The van der Waals surface area contributed by atoms with E-state index in [4.69, 9.17) is 14.2 Å². The summed E-state index contributed by atoms with van der Waals surface area (Å²) in [6.45, 7) is 0.176. The van der Waals surface area contributed by atoms with Crippen molar-refractivity contribution in [3.05, 3.63) is 45.1 Å². The fourth-order valence-electron chi connectivity index (χ4n) is 3.31. The van der Waals surface area contributed by atoms with Crippen LogP contribution in [0.5, 0.6) is 11.5 Å². The molecule has 6 nitrogen and oxygen atoms in total. The van der Waals surface area contributed by atoms with Crippen LogP contribution in [0, 0.1) is 0 Å². The molecule has 0 bridgehead atoms. The van der Waals surface area contributed by atoms with E-state index in [2.05, 4.69) is 5.32 Å². The predicted octanol–water partition coefficient (Wildman–Crippen LogP) is 3.16. The summed E-state index contributed by atoms with van der Waals surface area (Å²) < 4.78 is 15.7. The molecule has 0 saturated heterocycles. The first-order chi connectivity index (χ1) is 13.6. The number of rotatable bonds is 8. The number of carbonyl (C=O) groups excluding carboxylic acids is 2. The Bertz CT molecular complexity index is 845. The molecule has 0 fully saturated rings. The van der Waals surface area contributed by atoms with Crippen LogP contribution in [-0.4, -0.2) is 39.2 Å². The van der Waals surface area contributed by atoms with Crippen LogP contribution in [0.4, 0.5) is 0 Å². The third-order valence-electron chi connectivity index (χ3n) is 4.80. The zero-order valence-corrected chi connectivity index (χ0v) is 17.0. The predicted molar refractivity (Wildman–Crippen MR) is 108 cm³/mol. The molecule has 1 heterocycles. The lowest BCUT2D eigenvalue weighted by Crippen LogP contribution is -2.30. The van der Waals surface area contributed by atoms with Gasteiger partial charge in [0.2, 0.25) is 0 Å². The van der Waals surface area contributed by atoms with Crippen LogP contribution in [0.25, 0.3) is 0 Å². The second-order valence-electron chi connectivity index (χ2n) is 6.62. The molecule has 1 aromatic heterocycles. The summed E-state index contributed by atoms with van der Waals surface area (Å²) in [6.07, 6.45) is 4.86. The summed E-state index contributed by atoms with van der Waals surface area (Å²) in [5.74, 6) is 0.601. The Hall–Kier alpha value is -2.54. The first kappa shape index (κ1) is 20.2. The SMILES string of the molecule is COc1ccc(CCNC(=O)COC(=O)c2csc3c2CCCC3)cc1OC. The lowest BCUT2D eigenvalue weighted by atomic mass is 9.96. The molecule has 0 spiro atoms. The average molecular weight is 404 g/mol. The Morgan fingerprint density at radius 2 is 1.89 bits per heavy atom. The van der Waals surface area contributed by atoms with Gasteiger partial charge in [-0.15, -0.1) is 11.3 Å². The Balaban J connectivity index is 1.43. The Labute approximate surface area is 168 Å². The van der Waals surface area contributed by atoms with Gasteiger partial charge in [-0.25, -0.2) is 4.79 Å². The second kappa shape index (κ2) is 9.59. The van der Waals surface area contributed by atoms with E-state index in [9.17, 15) is 9.59 Å². The van der Waals surface area contributed by atoms with E-state index in [0.717, 1.165) is 30.4 Å². The zero-order chi connectivity index (χ0) is 19.9. The van der Waals surface area contributed by atoms with Gasteiger partial charge in [-0.1, -0.05) is 6.07 Å². The lowest BCUT2D eigenvalue weighted by Gasteiger charge is -2.12. The smallest absolute Gasteiger partial charge is 0.339 e. The van der Waals surface area contributed by atoms with E-state index in [-0.39, 0.29) is 12.5 Å². The number of hydrogen-bond donors (Lipinski definition) is 1. The zero-order valence-electron chi connectivity index (χ0n) is 16.2. The maximum atomic E-state index is 12.3. The van der Waals surface area contributed by atoms with Gasteiger partial charge in [0.15, 0.2) is 18.1 Å². The largest absolute Gasteiger partial charge is 0.493 e. The standard InChI is InChI=1S/C21H25NO5S/c1-25-17-8-7-14(11-18(17)26-2)9-10-22-20(23)12-27-21(24)16-13-28-19-6-4-3-5-15(16)19/h7-8,11,13H,3-6,9-10,12H2,1-2H3,(H,22,23). The molecule has 2 aromatic rings. The fraction of sp³-hybridized carbons (Fsp3) is 0.429. The number of thiophene rings is 1. The third-order valence-corrected chi connectivity index (χ3v) is 5.89. The molecular formula is C21H25NO5S. The molecule has 1 N–H and O–H groups in total. The van der Waals surface area contributed by atoms with Crippen molar-refractivity contribution in [1.82, 2.24) is 5.32 Å². The van der Waals surface area contributed by atoms with Crippen molar-refractivity contribution in [3.8, 4) is 11.5 Å². The van der Waals surface area contributed by atoms with Gasteiger partial charge >= 0.3 is 5.97 Å². The summed E-state index contributed by atoms with van der Waals surface area (Å²) in [6, 6.07) is 5.64. The van der Waals surface area contributed by atoms with Gasteiger partial charge in [-0.2, -0.15) is 0 Å². The third kappa shape index (κ3) is 4.84. The van der Waals surface area contributed by atoms with E-state index >= 15 is 0 Å². The number of carbonyl (C=O) groups is 2. The van der Waals surface area contributed by atoms with Crippen molar-refractivity contribution < 1.29 is 23.8 Å². The number of ether oxygens (including phenoxy) is 3. The first-order valence-electron chi connectivity index (χ1n) is 9.36. The number of hydrogen-bond acceptors (Lipinski definition) is 6. The molecule has 1 aliphatic carbocycles. The van der Waals surface area contributed by atoms with Crippen LogP contribution < -0.4 is 14.8 Å². The van der Waals surface area contributed by atoms with Crippen LogP contribution in [0.1, 0.15) is 39.2 Å². The lowest BCUT2D eigenvalue weighted by molar-refractivity contribution is -0.124. The van der Waals surface area contributed by atoms with Crippen LogP contribution in [0.15, 0.2) is 23.6 Å². The molecule has 3 rings (SSSR count). The number of amides is 1. The highest BCUT2D eigenvalue weighted by molar-refractivity contribution is 7.10. The molecule has 150 valence electrons. The highest BCUT2D eigenvalue weighted by Gasteiger charge is 2.21. The van der Waals surface area contributed by atoms with Gasteiger partial charge in [0.25, 0.3) is 5.91 Å². The van der Waals surface area contributed by atoms with Gasteiger partial charge in [-0.3, -0.25) is 4.79 Å². The number of aryl methyl sites for hydroxylation is 1. The van der Waals surface area contributed by atoms with E-state index in [1.807, 2.05) is 23.6 Å². The summed E-state index contributed by atoms with van der Waals surface area (Å²) in [5.41, 5.74) is 2.74. The normalized spacial score (nSPS) is 12.8. The number of esters is 1. The first-order valence-corrected chi connectivity index (χ1v) is 10.2. The second-order valence-corrected chi connectivity index (χ2v) is 7.59. The molecule has 7 heteroatoms. The van der Waals surface area contributed by atoms with Crippen LogP contribution in [-0.2, 0) is 28.8 Å². The van der Waals surface area contributed by atoms with Crippen LogP contribution in [0.3, 0.4) is 0 Å². The highest BCUT2D eigenvalue weighted by atomic mass is 32.1. The number of fused-ring (bicyclic) bond motifs is 1. The summed E-state index contributed by atoms with van der Waals surface area (Å²) in [5, 5.41) is 4.63. The van der Waals surface area contributed by atoms with Crippen molar-refractivity contribution in [2.24, 2.45) is 0 Å². The maximum Gasteiger partial charge on any atom is 0.339 e. The molecule has 1 aliphatic rings. The average Bonchev–Trinajstić information content (AvgIpc) is 3.16. The summed E-state index contributed by atoms with van der Waals surface area (Å²) in [4.78, 5) is 25.6. The molecule has 1 amide bonds. The van der Waals surface area contributed by atoms with Crippen molar-refractivity contribution >= 4 is 23.2 Å². The number of methoxy groups -OCH3 is 2. The molecule has 0 unspecified atom stereocenters. The summed E-state index contributed by atoms with van der Waals surface area (Å²) in [7, 11) is 3.17. The van der Waals surface area contributed by atoms with E-state index in [1.165, 1.54) is 11.3 Å². The van der Waals surface area contributed by atoms with Gasteiger partial charge in [0, 0.05) is 16.8 Å². The molecule has 1 aromatic carbocycles. The van der Waals surface area contributed by atoms with Gasteiger partial charge in [-0.05, 0) is 55.4 Å². The monoisotopic (exact) mass is 403 g/mol. The van der Waals surface area contributed by atoms with E-state index < -0.39 is 5.97 Å². The quantitative estimate of drug-likeness (QED) is 0.686. The fourth-order valence-corrected chi connectivity index (χ4v) is 4.42. The van der Waals surface area contributed by atoms with Crippen LogP contribution >= 0.6 is 11.3 Å². The molecule has 0 radical (unpaired) electrons. The summed E-state index contributed by atoms with van der Waals surface area (Å²) >= 11 is 1.61. The van der Waals surface area contributed by atoms with Gasteiger partial charge in [0.1, 0.15) is 0 Å². The maximum absolute atomic E-state index is 12.3. The molecule has 0 saturated carbocycles.